The lowest BCUT2D eigenvalue weighted by atomic mass is 9.66. The zero-order valence-electron chi connectivity index (χ0n) is 19.2. The van der Waals surface area contributed by atoms with Gasteiger partial charge < -0.3 is 4.74 Å². The van der Waals surface area contributed by atoms with E-state index in [9.17, 15) is 0 Å². The highest BCUT2D eigenvalue weighted by atomic mass is 32.1. The summed E-state index contributed by atoms with van der Waals surface area (Å²) in [6, 6.07) is 0. The molecular formula is C26H45NOS. The van der Waals surface area contributed by atoms with Crippen LogP contribution in [0.5, 0.6) is 0 Å². The number of thiazole rings is 1. The van der Waals surface area contributed by atoms with Crippen LogP contribution in [0.15, 0.2) is 6.20 Å². The van der Waals surface area contributed by atoms with E-state index in [1.165, 1.54) is 108 Å². The molecular weight excluding hydrogens is 374 g/mol. The minimum absolute atomic E-state index is 0.552. The molecule has 29 heavy (non-hydrogen) atoms. The molecule has 2 aliphatic rings. The second-order valence-electron chi connectivity index (χ2n) is 9.72. The summed E-state index contributed by atoms with van der Waals surface area (Å²) < 4.78 is 6.15. The van der Waals surface area contributed by atoms with Crippen LogP contribution in [0.3, 0.4) is 0 Å². The molecule has 3 heteroatoms. The monoisotopic (exact) mass is 419 g/mol. The molecule has 166 valence electrons. The van der Waals surface area contributed by atoms with E-state index in [-0.39, 0.29) is 0 Å². The molecule has 0 spiro atoms. The van der Waals surface area contributed by atoms with Crippen molar-refractivity contribution in [3.8, 4) is 0 Å². The van der Waals surface area contributed by atoms with Crippen LogP contribution in [0.25, 0.3) is 0 Å². The quantitative estimate of drug-likeness (QED) is 0.300. The Hall–Kier alpha value is -0.410. The molecule has 0 saturated heterocycles. The third kappa shape index (κ3) is 7.65. The summed E-state index contributed by atoms with van der Waals surface area (Å²) in [4.78, 5) is 6.38. The van der Waals surface area contributed by atoms with Crippen LogP contribution >= 0.6 is 11.3 Å². The minimum Gasteiger partial charge on any atom is -0.378 e. The number of aryl methyl sites for hydroxylation is 1. The smallest absolute Gasteiger partial charge is 0.0927 e. The first kappa shape index (κ1) is 23.3. The lowest BCUT2D eigenvalue weighted by molar-refractivity contribution is -0.0158. The summed E-state index contributed by atoms with van der Waals surface area (Å²) in [6.45, 7) is 5.52. The topological polar surface area (TPSA) is 22.1 Å². The summed E-state index contributed by atoms with van der Waals surface area (Å²) in [5, 5.41) is 1.39. The van der Waals surface area contributed by atoms with Crippen molar-refractivity contribution in [3.63, 3.8) is 0 Å². The minimum atomic E-state index is 0.552. The van der Waals surface area contributed by atoms with Crippen LogP contribution in [0.1, 0.15) is 126 Å². The first-order valence-corrected chi connectivity index (χ1v) is 13.7. The summed E-state index contributed by atoms with van der Waals surface area (Å²) in [5.41, 5.74) is 0. The number of rotatable bonds is 13. The SMILES string of the molecule is CCCCCCCCCc1ncc(C2CCC3CC(OCCCC)CCC3C2)s1. The number of unbranched alkanes of at least 4 members (excludes halogenated alkanes) is 7. The summed E-state index contributed by atoms with van der Waals surface area (Å²) in [5.74, 6) is 2.65. The molecule has 2 nitrogen and oxygen atoms in total. The average Bonchev–Trinajstić information content (AvgIpc) is 3.22. The Morgan fingerprint density at radius 2 is 1.59 bits per heavy atom. The Morgan fingerprint density at radius 1 is 0.862 bits per heavy atom. The van der Waals surface area contributed by atoms with Crippen LogP contribution in [0.2, 0.25) is 0 Å². The molecule has 0 aromatic carbocycles. The Labute approximate surface area is 184 Å². The van der Waals surface area contributed by atoms with Gasteiger partial charge in [0.2, 0.25) is 0 Å². The fourth-order valence-electron chi connectivity index (χ4n) is 5.51. The molecule has 0 N–H and O–H groups in total. The Balaban J connectivity index is 1.35. The summed E-state index contributed by atoms with van der Waals surface area (Å²) in [7, 11) is 0. The molecule has 0 aliphatic heterocycles. The Bertz CT molecular complexity index is 557. The summed E-state index contributed by atoms with van der Waals surface area (Å²) >= 11 is 2.03. The van der Waals surface area contributed by atoms with Crippen molar-refractivity contribution in [2.24, 2.45) is 11.8 Å². The van der Waals surface area contributed by atoms with Crippen molar-refractivity contribution in [1.29, 1.82) is 0 Å². The second kappa shape index (κ2) is 13.1. The van der Waals surface area contributed by atoms with Crippen LogP contribution < -0.4 is 0 Å². The zero-order valence-corrected chi connectivity index (χ0v) is 20.0. The van der Waals surface area contributed by atoms with E-state index in [2.05, 4.69) is 20.0 Å². The molecule has 3 rings (SSSR count). The number of hydrogen-bond donors (Lipinski definition) is 0. The van der Waals surface area contributed by atoms with Crippen molar-refractivity contribution in [3.05, 3.63) is 16.1 Å². The van der Waals surface area contributed by atoms with E-state index in [1.807, 2.05) is 11.3 Å². The van der Waals surface area contributed by atoms with Gasteiger partial charge in [-0.1, -0.05) is 58.8 Å². The number of hydrogen-bond acceptors (Lipinski definition) is 3. The molecule has 2 fully saturated rings. The fraction of sp³-hybridized carbons (Fsp3) is 0.885. The van der Waals surface area contributed by atoms with Gasteiger partial charge in [-0.3, -0.25) is 0 Å². The molecule has 0 bridgehead atoms. The molecule has 4 unspecified atom stereocenters. The summed E-state index contributed by atoms with van der Waals surface area (Å²) in [6.07, 6.45) is 24.4. The normalized spacial score (nSPS) is 27.1. The highest BCUT2D eigenvalue weighted by Gasteiger charge is 2.36. The molecule has 0 radical (unpaired) electrons. The van der Waals surface area contributed by atoms with Gasteiger partial charge in [0.05, 0.1) is 11.1 Å². The maximum atomic E-state index is 6.15. The van der Waals surface area contributed by atoms with Crippen LogP contribution in [-0.2, 0) is 11.2 Å². The van der Waals surface area contributed by atoms with E-state index in [1.54, 1.807) is 4.88 Å². The fourth-order valence-corrected chi connectivity index (χ4v) is 6.62. The van der Waals surface area contributed by atoms with Crippen LogP contribution in [-0.4, -0.2) is 17.7 Å². The van der Waals surface area contributed by atoms with E-state index < -0.39 is 0 Å². The number of nitrogens with zero attached hydrogens (tertiary/aromatic N) is 1. The van der Waals surface area contributed by atoms with Gasteiger partial charge in [0, 0.05) is 17.7 Å². The second-order valence-corrected chi connectivity index (χ2v) is 10.9. The van der Waals surface area contributed by atoms with Gasteiger partial charge in [0.1, 0.15) is 0 Å². The number of ether oxygens (including phenoxy) is 1. The van der Waals surface area contributed by atoms with Crippen molar-refractivity contribution in [2.45, 2.75) is 129 Å². The maximum Gasteiger partial charge on any atom is 0.0927 e. The van der Waals surface area contributed by atoms with Gasteiger partial charge in [-0.2, -0.15) is 0 Å². The van der Waals surface area contributed by atoms with E-state index in [0.717, 1.165) is 24.4 Å². The number of aromatic nitrogens is 1. The van der Waals surface area contributed by atoms with Gasteiger partial charge in [-0.25, -0.2) is 4.98 Å². The van der Waals surface area contributed by atoms with Gasteiger partial charge >= 0.3 is 0 Å². The van der Waals surface area contributed by atoms with Crippen molar-refractivity contribution in [1.82, 2.24) is 4.98 Å². The molecule has 2 aliphatic carbocycles. The Kier molecular flexibility index (Phi) is 10.5. The first-order chi connectivity index (χ1) is 14.3. The maximum absolute atomic E-state index is 6.15. The first-order valence-electron chi connectivity index (χ1n) is 12.9. The molecule has 0 amide bonds. The van der Waals surface area contributed by atoms with E-state index in [0.29, 0.717) is 6.10 Å². The van der Waals surface area contributed by atoms with Crippen molar-refractivity contribution < 1.29 is 4.74 Å². The Morgan fingerprint density at radius 3 is 2.41 bits per heavy atom. The van der Waals surface area contributed by atoms with Crippen LogP contribution in [0.4, 0.5) is 0 Å². The largest absolute Gasteiger partial charge is 0.378 e. The predicted molar refractivity (Wildman–Crippen MR) is 126 cm³/mol. The van der Waals surface area contributed by atoms with Gasteiger partial charge in [-0.15, -0.1) is 11.3 Å². The van der Waals surface area contributed by atoms with Crippen molar-refractivity contribution in [2.75, 3.05) is 6.61 Å². The van der Waals surface area contributed by atoms with E-state index in [4.69, 9.17) is 9.72 Å². The standard InChI is InChI=1S/C26H45NOS/c1-3-5-7-8-9-10-11-12-26-27-20-25(29-26)23-14-13-22-19-24(28-17-6-4-2)16-15-21(22)18-23/h20-24H,3-19H2,1-2H3. The lowest BCUT2D eigenvalue weighted by Gasteiger charge is -2.41. The predicted octanol–water partition coefficient (Wildman–Crippen LogP) is 8.31. The average molecular weight is 420 g/mol. The molecule has 1 heterocycles. The highest BCUT2D eigenvalue weighted by Crippen LogP contribution is 2.47. The number of fused-ring (bicyclic) bond motifs is 1. The molecule has 1 aromatic rings. The van der Waals surface area contributed by atoms with Crippen molar-refractivity contribution >= 4 is 11.3 Å². The van der Waals surface area contributed by atoms with Gasteiger partial charge in [0.25, 0.3) is 0 Å². The highest BCUT2D eigenvalue weighted by molar-refractivity contribution is 7.11. The van der Waals surface area contributed by atoms with E-state index >= 15 is 0 Å². The van der Waals surface area contributed by atoms with Crippen LogP contribution in [0, 0.1) is 11.8 Å². The molecule has 4 atom stereocenters. The molecule has 2 saturated carbocycles. The third-order valence-corrected chi connectivity index (χ3v) is 8.60. The lowest BCUT2D eigenvalue weighted by Crippen LogP contribution is -2.33. The molecule has 1 aromatic heterocycles. The zero-order chi connectivity index (χ0) is 20.3. The van der Waals surface area contributed by atoms with Gasteiger partial charge in [0.15, 0.2) is 0 Å². The van der Waals surface area contributed by atoms with Gasteiger partial charge in [-0.05, 0) is 75.5 Å². The third-order valence-electron chi connectivity index (χ3n) is 7.38.